The smallest absolute Gasteiger partial charge is 0.366 e. The Morgan fingerprint density at radius 2 is 1.65 bits per heavy atom. The Balaban J connectivity index is 2.17. The van der Waals surface area contributed by atoms with Gasteiger partial charge in [0.25, 0.3) is 5.91 Å². The molecule has 0 bridgehead atoms. The second-order valence-corrected chi connectivity index (χ2v) is 5.50. The Morgan fingerprint density at radius 1 is 1.13 bits per heavy atom. The highest BCUT2D eigenvalue weighted by Gasteiger charge is 2.41. The maximum absolute atomic E-state index is 12.7. The van der Waals surface area contributed by atoms with Crippen LogP contribution in [0.3, 0.4) is 0 Å². The highest BCUT2D eigenvalue weighted by atomic mass is 19.4. The number of hydrogen-bond acceptors (Lipinski definition) is 2. The standard InChI is InChI=1S/C16H17F3N2O2/c1-10(14(20)22)12-4-2-3-5-13(12)15(23)21-8-6-11(7-9-21)16(17,18)19/h2-5,11H,1,6-9H2,(H2,20,22). The first-order valence-corrected chi connectivity index (χ1v) is 7.16. The third kappa shape index (κ3) is 3.72. The van der Waals surface area contributed by atoms with Gasteiger partial charge in [0, 0.05) is 24.2 Å². The van der Waals surface area contributed by atoms with Gasteiger partial charge >= 0.3 is 6.18 Å². The van der Waals surface area contributed by atoms with E-state index in [1.807, 2.05) is 0 Å². The number of nitrogens with zero attached hydrogens (tertiary/aromatic N) is 1. The summed E-state index contributed by atoms with van der Waals surface area (Å²) in [6, 6.07) is 6.31. The number of hydrogen-bond donors (Lipinski definition) is 1. The summed E-state index contributed by atoms with van der Waals surface area (Å²) in [6.07, 6.45) is -4.46. The molecular weight excluding hydrogens is 309 g/mol. The minimum atomic E-state index is -4.23. The van der Waals surface area contributed by atoms with E-state index < -0.39 is 23.9 Å². The molecule has 1 saturated heterocycles. The van der Waals surface area contributed by atoms with Gasteiger partial charge < -0.3 is 10.6 Å². The highest BCUT2D eigenvalue weighted by molar-refractivity contribution is 6.20. The summed E-state index contributed by atoms with van der Waals surface area (Å²) in [4.78, 5) is 25.2. The number of amides is 2. The van der Waals surface area contributed by atoms with Crippen LogP contribution in [-0.4, -0.2) is 36.0 Å². The number of primary amides is 1. The van der Waals surface area contributed by atoms with Crippen LogP contribution in [-0.2, 0) is 4.79 Å². The van der Waals surface area contributed by atoms with E-state index >= 15 is 0 Å². The van der Waals surface area contributed by atoms with Crippen molar-refractivity contribution in [3.63, 3.8) is 0 Å². The summed E-state index contributed by atoms with van der Waals surface area (Å²) >= 11 is 0. The van der Waals surface area contributed by atoms with Crippen LogP contribution in [0.25, 0.3) is 5.57 Å². The molecule has 1 heterocycles. The van der Waals surface area contributed by atoms with Gasteiger partial charge in [0.15, 0.2) is 0 Å². The normalized spacial score (nSPS) is 16.2. The fraction of sp³-hybridized carbons (Fsp3) is 0.375. The van der Waals surface area contributed by atoms with E-state index in [4.69, 9.17) is 5.73 Å². The van der Waals surface area contributed by atoms with E-state index in [0.717, 1.165) is 0 Å². The molecule has 4 nitrogen and oxygen atoms in total. The zero-order valence-corrected chi connectivity index (χ0v) is 12.4. The van der Waals surface area contributed by atoms with E-state index in [1.165, 1.54) is 11.0 Å². The molecular formula is C16H17F3N2O2. The highest BCUT2D eigenvalue weighted by Crippen LogP contribution is 2.34. The molecule has 124 valence electrons. The molecule has 2 amide bonds. The number of carbonyl (C=O) groups excluding carboxylic acids is 2. The van der Waals surface area contributed by atoms with Crippen molar-refractivity contribution in [1.82, 2.24) is 4.90 Å². The molecule has 0 spiro atoms. The largest absolute Gasteiger partial charge is 0.391 e. The molecule has 0 saturated carbocycles. The molecule has 0 aromatic heterocycles. The number of nitrogens with two attached hydrogens (primary N) is 1. The molecule has 1 aliphatic heterocycles. The monoisotopic (exact) mass is 326 g/mol. The van der Waals surface area contributed by atoms with Crippen molar-refractivity contribution < 1.29 is 22.8 Å². The summed E-state index contributed by atoms with van der Waals surface area (Å²) in [5, 5.41) is 0. The molecule has 2 rings (SSSR count). The minimum absolute atomic E-state index is 0.000808. The SMILES string of the molecule is C=C(C(N)=O)c1ccccc1C(=O)N1CCC(C(F)(F)F)CC1. The quantitative estimate of drug-likeness (QED) is 0.868. The van der Waals surface area contributed by atoms with Gasteiger partial charge in [0.1, 0.15) is 0 Å². The summed E-state index contributed by atoms with van der Waals surface area (Å²) in [5.74, 6) is -2.54. The molecule has 1 aromatic carbocycles. The predicted molar refractivity (Wildman–Crippen MR) is 79.4 cm³/mol. The van der Waals surface area contributed by atoms with E-state index in [1.54, 1.807) is 18.2 Å². The third-order valence-corrected chi connectivity index (χ3v) is 4.03. The van der Waals surface area contributed by atoms with Gasteiger partial charge in [-0.15, -0.1) is 0 Å². The number of piperidine rings is 1. The minimum Gasteiger partial charge on any atom is -0.366 e. The lowest BCUT2D eigenvalue weighted by Crippen LogP contribution is -2.42. The number of halogens is 3. The molecule has 0 atom stereocenters. The van der Waals surface area contributed by atoms with E-state index in [-0.39, 0.29) is 37.1 Å². The molecule has 1 aliphatic rings. The van der Waals surface area contributed by atoms with Crippen molar-refractivity contribution >= 4 is 17.4 Å². The Labute approximate surface area is 131 Å². The number of carbonyl (C=O) groups is 2. The van der Waals surface area contributed by atoms with Crippen molar-refractivity contribution in [3.8, 4) is 0 Å². The number of rotatable bonds is 3. The maximum atomic E-state index is 12.7. The molecule has 1 aromatic rings. The Bertz CT molecular complexity index is 632. The summed E-state index contributed by atoms with van der Waals surface area (Å²) in [6.45, 7) is 3.62. The third-order valence-electron chi connectivity index (χ3n) is 4.03. The average molecular weight is 326 g/mol. The second-order valence-electron chi connectivity index (χ2n) is 5.50. The summed E-state index contributed by atoms with van der Waals surface area (Å²) < 4.78 is 38.1. The van der Waals surface area contributed by atoms with Crippen molar-refractivity contribution in [1.29, 1.82) is 0 Å². The first kappa shape index (κ1) is 17.1. The molecule has 0 radical (unpaired) electrons. The Kier molecular flexibility index (Phi) is 4.77. The lowest BCUT2D eigenvalue weighted by atomic mass is 9.94. The van der Waals surface area contributed by atoms with Gasteiger partial charge in [0.2, 0.25) is 5.91 Å². The number of benzene rings is 1. The van der Waals surface area contributed by atoms with E-state index in [0.29, 0.717) is 5.56 Å². The van der Waals surface area contributed by atoms with E-state index in [2.05, 4.69) is 6.58 Å². The zero-order chi connectivity index (χ0) is 17.2. The topological polar surface area (TPSA) is 63.4 Å². The Morgan fingerprint density at radius 3 is 2.13 bits per heavy atom. The van der Waals surface area contributed by atoms with Crippen LogP contribution < -0.4 is 5.73 Å². The van der Waals surface area contributed by atoms with E-state index in [9.17, 15) is 22.8 Å². The van der Waals surface area contributed by atoms with Crippen LogP contribution in [0.4, 0.5) is 13.2 Å². The molecule has 23 heavy (non-hydrogen) atoms. The predicted octanol–water partition coefficient (Wildman–Crippen LogP) is 2.60. The summed E-state index contributed by atoms with van der Waals surface area (Å²) in [7, 11) is 0. The van der Waals surface area contributed by atoms with Crippen molar-refractivity contribution in [2.75, 3.05) is 13.1 Å². The van der Waals surface area contributed by atoms with Gasteiger partial charge in [-0.2, -0.15) is 13.2 Å². The maximum Gasteiger partial charge on any atom is 0.391 e. The number of likely N-dealkylation sites (tertiary alicyclic amines) is 1. The van der Waals surface area contributed by atoms with Crippen LogP contribution in [0, 0.1) is 5.92 Å². The van der Waals surface area contributed by atoms with Crippen molar-refractivity contribution in [2.24, 2.45) is 11.7 Å². The van der Waals surface area contributed by atoms with Gasteiger partial charge in [-0.25, -0.2) is 0 Å². The van der Waals surface area contributed by atoms with Crippen LogP contribution in [0.5, 0.6) is 0 Å². The van der Waals surface area contributed by atoms with Gasteiger partial charge in [-0.1, -0.05) is 24.8 Å². The molecule has 1 fully saturated rings. The van der Waals surface area contributed by atoms with Crippen LogP contribution in [0.15, 0.2) is 30.8 Å². The zero-order valence-electron chi connectivity index (χ0n) is 12.4. The lowest BCUT2D eigenvalue weighted by molar-refractivity contribution is -0.183. The van der Waals surface area contributed by atoms with Crippen LogP contribution >= 0.6 is 0 Å². The van der Waals surface area contributed by atoms with Gasteiger partial charge in [-0.05, 0) is 24.5 Å². The Hall–Kier alpha value is -2.31. The first-order valence-electron chi connectivity index (χ1n) is 7.16. The fourth-order valence-corrected chi connectivity index (χ4v) is 2.65. The van der Waals surface area contributed by atoms with Crippen LogP contribution in [0.1, 0.15) is 28.8 Å². The first-order chi connectivity index (χ1) is 10.7. The average Bonchev–Trinajstić information content (AvgIpc) is 2.52. The second kappa shape index (κ2) is 6.44. The molecule has 7 heteroatoms. The number of alkyl halides is 3. The lowest BCUT2D eigenvalue weighted by Gasteiger charge is -2.33. The van der Waals surface area contributed by atoms with Crippen LogP contribution in [0.2, 0.25) is 0 Å². The van der Waals surface area contributed by atoms with Gasteiger partial charge in [-0.3, -0.25) is 9.59 Å². The van der Waals surface area contributed by atoms with Crippen molar-refractivity contribution in [2.45, 2.75) is 19.0 Å². The molecule has 0 unspecified atom stereocenters. The fourth-order valence-electron chi connectivity index (χ4n) is 2.65. The van der Waals surface area contributed by atoms with Gasteiger partial charge in [0.05, 0.1) is 5.92 Å². The molecule has 0 aliphatic carbocycles. The summed E-state index contributed by atoms with van der Waals surface area (Å²) in [5.41, 5.74) is 5.72. The van der Waals surface area contributed by atoms with Crippen molar-refractivity contribution in [3.05, 3.63) is 42.0 Å². The molecule has 2 N–H and O–H groups in total.